The van der Waals surface area contributed by atoms with Crippen LogP contribution in [0.3, 0.4) is 0 Å². The molecule has 1 aliphatic heterocycles. The molecule has 2 atom stereocenters. The Balaban J connectivity index is 1.77. The molecule has 0 saturated carbocycles. The summed E-state index contributed by atoms with van der Waals surface area (Å²) in [4.78, 5) is 14.2. The first kappa shape index (κ1) is 17.3. The number of rotatable bonds is 1. The average molecular weight is 394 g/mol. The lowest BCUT2D eigenvalue weighted by Gasteiger charge is -2.38. The Morgan fingerprint density at radius 2 is 2.04 bits per heavy atom. The summed E-state index contributed by atoms with van der Waals surface area (Å²) in [7, 11) is 0. The van der Waals surface area contributed by atoms with E-state index in [0.717, 1.165) is 28.3 Å². The largest absolute Gasteiger partial charge is 0.444 e. The molecule has 1 aliphatic rings. The summed E-state index contributed by atoms with van der Waals surface area (Å²) in [5, 5.41) is 5.80. The molecule has 3 rings (SSSR count). The van der Waals surface area contributed by atoms with Gasteiger partial charge in [-0.1, -0.05) is 18.2 Å². The Bertz CT molecular complexity index is 750. The zero-order chi connectivity index (χ0) is 17.5. The lowest BCUT2D eigenvalue weighted by molar-refractivity contribution is 0.00750. The minimum absolute atomic E-state index is 0.125. The number of piperidine rings is 1. The molecule has 2 heterocycles. The van der Waals surface area contributed by atoms with Gasteiger partial charge in [-0.15, -0.1) is 0 Å². The number of fused-ring (bicyclic) bond motifs is 1. The minimum Gasteiger partial charge on any atom is -0.444 e. The molecule has 5 nitrogen and oxygen atoms in total. The van der Waals surface area contributed by atoms with Crippen LogP contribution in [0.25, 0.3) is 10.9 Å². The molecule has 1 saturated heterocycles. The first-order chi connectivity index (χ1) is 11.3. The number of carbonyl (C=O) groups excluding carboxylic acids is 1. The summed E-state index contributed by atoms with van der Waals surface area (Å²) < 4.78 is 8.49. The Labute approximate surface area is 151 Å². The number of ether oxygens (including phenoxy) is 1. The van der Waals surface area contributed by atoms with Gasteiger partial charge in [0, 0.05) is 18.0 Å². The smallest absolute Gasteiger partial charge is 0.410 e. The number of nitrogens with zero attached hydrogens (tertiary/aromatic N) is 3. The van der Waals surface area contributed by atoms with Crippen LogP contribution in [0.5, 0.6) is 0 Å². The van der Waals surface area contributed by atoms with E-state index in [0.29, 0.717) is 6.54 Å². The third-order valence-electron chi connectivity index (χ3n) is 4.39. The van der Waals surface area contributed by atoms with Crippen LogP contribution in [0.2, 0.25) is 0 Å². The molecule has 1 aromatic carbocycles. The van der Waals surface area contributed by atoms with Crippen LogP contribution in [-0.2, 0) is 4.74 Å². The summed E-state index contributed by atoms with van der Waals surface area (Å²) in [6, 6.07) is 8.63. The summed E-state index contributed by atoms with van der Waals surface area (Å²) in [5.74, 6) is 0. The fraction of sp³-hybridized carbons (Fsp3) is 0.556. The summed E-state index contributed by atoms with van der Waals surface area (Å²) in [6.45, 7) is 8.46. The highest BCUT2D eigenvalue weighted by atomic mass is 79.9. The topological polar surface area (TPSA) is 47.4 Å². The van der Waals surface area contributed by atoms with Crippen LogP contribution in [0.15, 0.2) is 28.9 Å². The van der Waals surface area contributed by atoms with Gasteiger partial charge in [0.1, 0.15) is 10.2 Å². The van der Waals surface area contributed by atoms with E-state index < -0.39 is 5.60 Å². The van der Waals surface area contributed by atoms with Crippen molar-refractivity contribution >= 4 is 32.9 Å². The van der Waals surface area contributed by atoms with Crippen LogP contribution in [-0.4, -0.2) is 39.0 Å². The van der Waals surface area contributed by atoms with Gasteiger partial charge in [0.15, 0.2) is 0 Å². The van der Waals surface area contributed by atoms with E-state index in [4.69, 9.17) is 4.74 Å². The molecule has 0 spiro atoms. The van der Waals surface area contributed by atoms with E-state index in [1.165, 1.54) is 0 Å². The number of benzene rings is 1. The van der Waals surface area contributed by atoms with Crippen molar-refractivity contribution in [2.24, 2.45) is 0 Å². The van der Waals surface area contributed by atoms with Gasteiger partial charge in [-0.25, -0.2) is 4.79 Å². The zero-order valence-corrected chi connectivity index (χ0v) is 16.2. The van der Waals surface area contributed by atoms with Gasteiger partial charge in [-0.3, -0.25) is 4.68 Å². The maximum Gasteiger partial charge on any atom is 0.410 e. The number of hydrogen-bond acceptors (Lipinski definition) is 3. The van der Waals surface area contributed by atoms with E-state index in [1.807, 2.05) is 37.8 Å². The quantitative estimate of drug-likeness (QED) is 0.701. The maximum absolute atomic E-state index is 12.4. The molecule has 0 aliphatic carbocycles. The highest BCUT2D eigenvalue weighted by Crippen LogP contribution is 2.32. The molecule has 0 N–H and O–H groups in total. The monoisotopic (exact) mass is 393 g/mol. The Morgan fingerprint density at radius 3 is 2.71 bits per heavy atom. The maximum atomic E-state index is 12.4. The molecular weight excluding hydrogens is 370 g/mol. The Hall–Kier alpha value is -1.56. The standard InChI is InChI=1S/C18H24BrN3O2/c1-12-11-13(9-10-21(12)17(23)24-18(2,3)4)22-15-8-6-5-7-14(15)16(19)20-22/h5-8,12-13H,9-11H2,1-4H3/t12-,13+/m0/s1. The summed E-state index contributed by atoms with van der Waals surface area (Å²) >= 11 is 3.55. The van der Waals surface area contributed by atoms with Gasteiger partial charge in [-0.05, 0) is 62.5 Å². The second kappa shape index (κ2) is 6.39. The van der Waals surface area contributed by atoms with E-state index in [-0.39, 0.29) is 18.2 Å². The lowest BCUT2D eigenvalue weighted by Crippen LogP contribution is -2.47. The lowest BCUT2D eigenvalue weighted by atomic mass is 9.98. The fourth-order valence-electron chi connectivity index (χ4n) is 3.29. The highest BCUT2D eigenvalue weighted by Gasteiger charge is 2.33. The van der Waals surface area contributed by atoms with E-state index in [2.05, 4.69) is 44.8 Å². The highest BCUT2D eigenvalue weighted by molar-refractivity contribution is 9.10. The molecule has 24 heavy (non-hydrogen) atoms. The van der Waals surface area contributed by atoms with E-state index >= 15 is 0 Å². The number of likely N-dealkylation sites (tertiary alicyclic amines) is 1. The van der Waals surface area contributed by atoms with Crippen molar-refractivity contribution in [2.45, 2.75) is 58.2 Å². The Morgan fingerprint density at radius 1 is 1.33 bits per heavy atom. The molecule has 1 amide bonds. The zero-order valence-electron chi connectivity index (χ0n) is 14.6. The second-order valence-corrected chi connectivity index (χ2v) is 8.20. The third-order valence-corrected chi connectivity index (χ3v) is 4.98. The van der Waals surface area contributed by atoms with Crippen molar-refractivity contribution in [3.8, 4) is 0 Å². The minimum atomic E-state index is -0.462. The van der Waals surface area contributed by atoms with Crippen molar-refractivity contribution in [1.82, 2.24) is 14.7 Å². The number of aromatic nitrogens is 2. The number of halogens is 1. The molecule has 2 aromatic rings. The molecule has 0 radical (unpaired) electrons. The molecule has 0 bridgehead atoms. The summed E-state index contributed by atoms with van der Waals surface area (Å²) in [6.07, 6.45) is 1.53. The van der Waals surface area contributed by atoms with Crippen LogP contribution in [0, 0.1) is 0 Å². The Kier molecular flexibility index (Phi) is 4.60. The third kappa shape index (κ3) is 3.43. The van der Waals surface area contributed by atoms with E-state index in [9.17, 15) is 4.79 Å². The molecular formula is C18H24BrN3O2. The van der Waals surface area contributed by atoms with Crippen LogP contribution >= 0.6 is 15.9 Å². The second-order valence-electron chi connectivity index (χ2n) is 7.45. The molecule has 130 valence electrons. The van der Waals surface area contributed by atoms with Gasteiger partial charge < -0.3 is 9.64 Å². The molecule has 1 aromatic heterocycles. The fourth-order valence-corrected chi connectivity index (χ4v) is 3.80. The molecule has 1 fully saturated rings. The predicted molar refractivity (Wildman–Crippen MR) is 98.1 cm³/mol. The summed E-state index contributed by atoms with van der Waals surface area (Å²) in [5.41, 5.74) is 0.670. The molecule has 6 heteroatoms. The number of para-hydroxylation sites is 1. The predicted octanol–water partition coefficient (Wildman–Crippen LogP) is 4.76. The normalized spacial score (nSPS) is 22.0. The van der Waals surface area contributed by atoms with Gasteiger partial charge >= 0.3 is 6.09 Å². The van der Waals surface area contributed by atoms with Crippen molar-refractivity contribution in [3.63, 3.8) is 0 Å². The van der Waals surface area contributed by atoms with Crippen molar-refractivity contribution < 1.29 is 9.53 Å². The molecule has 0 unspecified atom stereocenters. The number of amides is 1. The number of carbonyl (C=O) groups is 1. The van der Waals surface area contributed by atoms with Gasteiger partial charge in [0.05, 0.1) is 11.6 Å². The van der Waals surface area contributed by atoms with Crippen LogP contribution in [0.1, 0.15) is 46.6 Å². The van der Waals surface area contributed by atoms with Gasteiger partial charge in [-0.2, -0.15) is 5.10 Å². The van der Waals surface area contributed by atoms with Gasteiger partial charge in [0.2, 0.25) is 0 Å². The van der Waals surface area contributed by atoms with E-state index in [1.54, 1.807) is 0 Å². The van der Waals surface area contributed by atoms with Gasteiger partial charge in [0.25, 0.3) is 0 Å². The first-order valence-corrected chi connectivity index (χ1v) is 9.18. The van der Waals surface area contributed by atoms with Crippen molar-refractivity contribution in [2.75, 3.05) is 6.54 Å². The van der Waals surface area contributed by atoms with Crippen LogP contribution < -0.4 is 0 Å². The van der Waals surface area contributed by atoms with Crippen molar-refractivity contribution in [1.29, 1.82) is 0 Å². The average Bonchev–Trinajstić information content (AvgIpc) is 2.83. The van der Waals surface area contributed by atoms with Crippen molar-refractivity contribution in [3.05, 3.63) is 28.9 Å². The first-order valence-electron chi connectivity index (χ1n) is 8.38. The number of hydrogen-bond donors (Lipinski definition) is 0. The van der Waals surface area contributed by atoms with Crippen LogP contribution in [0.4, 0.5) is 4.79 Å². The SMILES string of the molecule is C[C@H]1C[C@H](n2nc(Br)c3ccccc32)CCN1C(=O)OC(C)(C)C.